The van der Waals surface area contributed by atoms with Crippen LogP contribution in [0.3, 0.4) is 0 Å². The van der Waals surface area contributed by atoms with Crippen molar-refractivity contribution in [2.45, 2.75) is 25.7 Å². The predicted octanol–water partition coefficient (Wildman–Crippen LogP) is 3.56. The zero-order chi connectivity index (χ0) is 18.2. The van der Waals surface area contributed by atoms with Crippen molar-refractivity contribution < 1.29 is 4.79 Å². The number of amides is 1. The fourth-order valence-electron chi connectivity index (χ4n) is 3.86. The number of nitrogens with one attached hydrogen (secondary N) is 2. The SMILES string of the molecule is O=C1N[C@H](c2cccnc2)Nc2sc3c(c21)CCN(Cc1ccccc1)C3. The van der Waals surface area contributed by atoms with Crippen molar-refractivity contribution in [3.63, 3.8) is 0 Å². The molecule has 5 rings (SSSR count). The predicted molar refractivity (Wildman–Crippen MR) is 107 cm³/mol. The second-order valence-corrected chi connectivity index (χ2v) is 8.10. The zero-order valence-electron chi connectivity index (χ0n) is 14.8. The van der Waals surface area contributed by atoms with E-state index >= 15 is 0 Å². The van der Waals surface area contributed by atoms with Gasteiger partial charge in [-0.05, 0) is 23.6 Å². The number of fused-ring (bicyclic) bond motifs is 3. The van der Waals surface area contributed by atoms with E-state index in [0.717, 1.165) is 42.2 Å². The second kappa shape index (κ2) is 6.79. The van der Waals surface area contributed by atoms with Crippen LogP contribution in [0.2, 0.25) is 0 Å². The number of anilines is 1. The molecule has 2 N–H and O–H groups in total. The molecule has 0 saturated carbocycles. The molecule has 4 heterocycles. The van der Waals surface area contributed by atoms with Gasteiger partial charge in [0.1, 0.15) is 11.2 Å². The summed E-state index contributed by atoms with van der Waals surface area (Å²) in [6, 6.07) is 14.4. The Hall–Kier alpha value is -2.70. The van der Waals surface area contributed by atoms with Crippen LogP contribution in [-0.4, -0.2) is 22.3 Å². The third kappa shape index (κ3) is 3.11. The van der Waals surface area contributed by atoms with Gasteiger partial charge in [-0.2, -0.15) is 0 Å². The highest BCUT2D eigenvalue weighted by Gasteiger charge is 2.33. The lowest BCUT2D eigenvalue weighted by Crippen LogP contribution is -2.38. The Labute approximate surface area is 162 Å². The van der Waals surface area contributed by atoms with E-state index in [4.69, 9.17) is 0 Å². The minimum atomic E-state index is -0.223. The topological polar surface area (TPSA) is 57.3 Å². The monoisotopic (exact) mass is 376 g/mol. The van der Waals surface area contributed by atoms with E-state index in [1.807, 2.05) is 18.2 Å². The standard InChI is InChI=1S/C21H20N4OS/c26-20-18-16-8-10-25(12-14-5-2-1-3-6-14)13-17(16)27-21(18)24-19(23-20)15-7-4-9-22-11-15/h1-7,9,11,19,24H,8,10,12-13H2,(H,23,26)/t19-/m0/s1. The molecule has 0 spiro atoms. The van der Waals surface area contributed by atoms with Crippen molar-refractivity contribution in [3.8, 4) is 0 Å². The molecule has 0 bridgehead atoms. The van der Waals surface area contributed by atoms with Crippen LogP contribution in [-0.2, 0) is 19.5 Å². The summed E-state index contributed by atoms with van der Waals surface area (Å²) in [6.07, 6.45) is 4.22. The Kier molecular flexibility index (Phi) is 4.14. The van der Waals surface area contributed by atoms with Gasteiger partial charge in [0.2, 0.25) is 0 Å². The van der Waals surface area contributed by atoms with Crippen molar-refractivity contribution in [1.29, 1.82) is 0 Å². The lowest BCUT2D eigenvalue weighted by atomic mass is 10.00. The summed E-state index contributed by atoms with van der Waals surface area (Å²) in [5, 5.41) is 7.56. The molecular formula is C21H20N4OS. The third-order valence-electron chi connectivity index (χ3n) is 5.18. The Morgan fingerprint density at radius 1 is 1.15 bits per heavy atom. The van der Waals surface area contributed by atoms with Crippen molar-refractivity contribution >= 4 is 22.2 Å². The number of pyridine rings is 1. The molecule has 136 valence electrons. The number of carbonyl (C=O) groups excluding carboxylic acids is 1. The number of aromatic nitrogens is 1. The van der Waals surface area contributed by atoms with Gasteiger partial charge in [0.05, 0.1) is 5.56 Å². The van der Waals surface area contributed by atoms with Crippen LogP contribution in [0.5, 0.6) is 0 Å². The maximum atomic E-state index is 12.8. The van der Waals surface area contributed by atoms with Crippen LogP contribution in [0, 0.1) is 0 Å². The molecule has 0 aliphatic carbocycles. The fourth-order valence-corrected chi connectivity index (χ4v) is 5.17. The summed E-state index contributed by atoms with van der Waals surface area (Å²) in [7, 11) is 0. The number of hydrogen-bond acceptors (Lipinski definition) is 5. The van der Waals surface area contributed by atoms with Gasteiger partial charge in [0.25, 0.3) is 5.91 Å². The quantitative estimate of drug-likeness (QED) is 0.734. The molecule has 0 unspecified atom stereocenters. The smallest absolute Gasteiger partial charge is 0.256 e. The van der Waals surface area contributed by atoms with Crippen molar-refractivity contribution in [2.24, 2.45) is 0 Å². The van der Waals surface area contributed by atoms with Crippen LogP contribution in [0.25, 0.3) is 0 Å². The van der Waals surface area contributed by atoms with Gasteiger partial charge >= 0.3 is 0 Å². The number of hydrogen-bond donors (Lipinski definition) is 2. The van der Waals surface area contributed by atoms with Crippen LogP contribution in [0.15, 0.2) is 54.9 Å². The molecule has 6 heteroatoms. The van der Waals surface area contributed by atoms with E-state index in [9.17, 15) is 4.79 Å². The number of benzene rings is 1. The number of nitrogens with zero attached hydrogens (tertiary/aromatic N) is 2. The van der Waals surface area contributed by atoms with E-state index in [1.54, 1.807) is 23.7 Å². The first-order chi connectivity index (χ1) is 13.3. The Balaban J connectivity index is 1.39. The maximum absolute atomic E-state index is 12.8. The van der Waals surface area contributed by atoms with Crippen LogP contribution >= 0.6 is 11.3 Å². The van der Waals surface area contributed by atoms with Crippen molar-refractivity contribution in [2.75, 3.05) is 11.9 Å². The number of carbonyl (C=O) groups is 1. The van der Waals surface area contributed by atoms with Gasteiger partial charge in [-0.1, -0.05) is 36.4 Å². The Bertz CT molecular complexity index is 971. The second-order valence-electron chi connectivity index (χ2n) is 6.99. The Morgan fingerprint density at radius 2 is 2.04 bits per heavy atom. The largest absolute Gasteiger partial charge is 0.353 e. The summed E-state index contributed by atoms with van der Waals surface area (Å²) < 4.78 is 0. The Morgan fingerprint density at radius 3 is 2.85 bits per heavy atom. The molecule has 2 aliphatic heterocycles. The summed E-state index contributed by atoms with van der Waals surface area (Å²) in [5.74, 6) is 0.0200. The molecule has 1 amide bonds. The molecule has 1 aromatic carbocycles. The van der Waals surface area contributed by atoms with Crippen molar-refractivity contribution in [1.82, 2.24) is 15.2 Å². The molecule has 0 fully saturated rings. The molecule has 2 aromatic heterocycles. The molecule has 5 nitrogen and oxygen atoms in total. The minimum absolute atomic E-state index is 0.0200. The summed E-state index contributed by atoms with van der Waals surface area (Å²) in [6.45, 7) is 2.82. The molecule has 3 aromatic rings. The van der Waals surface area contributed by atoms with Gasteiger partial charge in [0.15, 0.2) is 0 Å². The molecule has 0 saturated heterocycles. The van der Waals surface area contributed by atoms with Crippen LogP contribution < -0.4 is 10.6 Å². The highest BCUT2D eigenvalue weighted by Crippen LogP contribution is 2.40. The summed E-state index contributed by atoms with van der Waals surface area (Å²) in [4.78, 5) is 20.7. The average Bonchev–Trinajstić information content (AvgIpc) is 3.07. The van der Waals surface area contributed by atoms with Crippen LogP contribution in [0.1, 0.15) is 38.1 Å². The normalized spacial score (nSPS) is 19.0. The maximum Gasteiger partial charge on any atom is 0.256 e. The lowest BCUT2D eigenvalue weighted by Gasteiger charge is -2.28. The molecule has 2 aliphatic rings. The van der Waals surface area contributed by atoms with E-state index in [1.165, 1.54) is 16.0 Å². The molecule has 0 radical (unpaired) electrons. The highest BCUT2D eigenvalue weighted by atomic mass is 32.1. The number of thiophene rings is 1. The van der Waals surface area contributed by atoms with Crippen LogP contribution in [0.4, 0.5) is 5.00 Å². The zero-order valence-corrected chi connectivity index (χ0v) is 15.6. The minimum Gasteiger partial charge on any atom is -0.353 e. The fraction of sp³-hybridized carbons (Fsp3) is 0.238. The summed E-state index contributed by atoms with van der Waals surface area (Å²) in [5.41, 5.74) is 4.35. The van der Waals surface area contributed by atoms with Gasteiger partial charge < -0.3 is 10.6 Å². The average molecular weight is 376 g/mol. The highest BCUT2D eigenvalue weighted by molar-refractivity contribution is 7.16. The molecule has 27 heavy (non-hydrogen) atoms. The van der Waals surface area contributed by atoms with Crippen molar-refractivity contribution in [3.05, 3.63) is 82.0 Å². The van der Waals surface area contributed by atoms with E-state index in [2.05, 4.69) is 44.8 Å². The van der Waals surface area contributed by atoms with Gasteiger partial charge in [0, 0.05) is 42.5 Å². The summed E-state index contributed by atoms with van der Waals surface area (Å²) >= 11 is 1.72. The first-order valence-corrected chi connectivity index (χ1v) is 9.98. The van der Waals surface area contributed by atoms with E-state index < -0.39 is 0 Å². The molecule has 1 atom stereocenters. The van der Waals surface area contributed by atoms with Gasteiger partial charge in [-0.3, -0.25) is 14.7 Å². The van der Waals surface area contributed by atoms with E-state index in [-0.39, 0.29) is 12.1 Å². The third-order valence-corrected chi connectivity index (χ3v) is 6.33. The van der Waals surface area contributed by atoms with Gasteiger partial charge in [-0.15, -0.1) is 11.3 Å². The first-order valence-electron chi connectivity index (χ1n) is 9.16. The first kappa shape index (κ1) is 16.5. The van der Waals surface area contributed by atoms with E-state index in [0.29, 0.717) is 0 Å². The number of rotatable bonds is 3. The van der Waals surface area contributed by atoms with Gasteiger partial charge in [-0.25, -0.2) is 0 Å². The molecular weight excluding hydrogens is 356 g/mol. The lowest BCUT2D eigenvalue weighted by molar-refractivity contribution is 0.0934.